The number of ketones is 1. The Balaban J connectivity index is 2.12. The topological polar surface area (TPSA) is 86.2 Å². The van der Waals surface area contributed by atoms with Crippen molar-refractivity contribution >= 4 is 28.0 Å². The lowest BCUT2D eigenvalue weighted by Gasteiger charge is -2.32. The van der Waals surface area contributed by atoms with Gasteiger partial charge in [-0.3, -0.25) is 9.59 Å². The van der Waals surface area contributed by atoms with Crippen molar-refractivity contribution in [2.24, 2.45) is 5.73 Å². The van der Waals surface area contributed by atoms with Crippen LogP contribution < -0.4 is 11.5 Å². The Kier molecular flexibility index (Phi) is 3.10. The predicted octanol–water partition coefficient (Wildman–Crippen LogP) is 2.52. The van der Waals surface area contributed by atoms with E-state index in [0.717, 1.165) is 11.1 Å². The maximum absolute atomic E-state index is 12.9. The number of rotatable bonds is 2. The molecule has 1 aliphatic carbocycles. The number of Topliss-reactive ketones (excluding diaryl/α,β-unsaturated/α-hetero) is 1. The van der Waals surface area contributed by atoms with E-state index < -0.39 is 11.3 Å². The quantitative estimate of drug-likeness (QED) is 0.893. The van der Waals surface area contributed by atoms with Crippen LogP contribution in [0.25, 0.3) is 0 Å². The lowest BCUT2D eigenvalue weighted by Crippen LogP contribution is -2.37. The highest BCUT2D eigenvalue weighted by Gasteiger charge is 2.42. The summed E-state index contributed by atoms with van der Waals surface area (Å²) in [5.74, 6) is -0.528. The number of hydrogen-bond acceptors (Lipinski definition) is 4. The van der Waals surface area contributed by atoms with Crippen molar-refractivity contribution in [1.29, 1.82) is 0 Å². The lowest BCUT2D eigenvalue weighted by molar-refractivity contribution is 0.0880. The van der Waals surface area contributed by atoms with Gasteiger partial charge in [0.15, 0.2) is 5.78 Å². The van der Waals surface area contributed by atoms with Gasteiger partial charge in [0.25, 0.3) is 5.91 Å². The summed E-state index contributed by atoms with van der Waals surface area (Å²) in [5.41, 5.74) is 12.7. The molecule has 0 fully saturated rings. The number of carbonyl (C=O) groups excluding carboxylic acids is 2. The average molecular weight is 300 g/mol. The normalized spacial score (nSPS) is 21.1. The van der Waals surface area contributed by atoms with Crippen LogP contribution in [0.3, 0.4) is 0 Å². The number of primary amides is 1. The third kappa shape index (κ3) is 1.96. The molecule has 4 nitrogen and oxygen atoms in total. The van der Waals surface area contributed by atoms with Crippen LogP contribution in [0, 0.1) is 0 Å². The van der Waals surface area contributed by atoms with E-state index in [9.17, 15) is 9.59 Å². The summed E-state index contributed by atoms with van der Waals surface area (Å²) in [6, 6.07) is 9.73. The standard InChI is InChI=1S/C16H16N2O2S/c1-16(9-5-3-2-4-6-9)8-7-10-11(14(17)20)15(18)21-12(10)13(16)19/h2-6H,7-8,18H2,1H3,(H2,17,20)/t16-/m0/s1. The first-order valence-corrected chi connectivity index (χ1v) is 7.58. The molecule has 0 unspecified atom stereocenters. The fourth-order valence-electron chi connectivity index (χ4n) is 3.00. The van der Waals surface area contributed by atoms with Gasteiger partial charge < -0.3 is 11.5 Å². The Hall–Kier alpha value is -2.14. The average Bonchev–Trinajstić information content (AvgIpc) is 2.81. The molecule has 2 aromatic rings. The van der Waals surface area contributed by atoms with E-state index in [4.69, 9.17) is 11.5 Å². The van der Waals surface area contributed by atoms with Gasteiger partial charge in [-0.2, -0.15) is 0 Å². The third-order valence-corrected chi connectivity index (χ3v) is 5.33. The summed E-state index contributed by atoms with van der Waals surface area (Å²) in [4.78, 5) is 25.0. The molecule has 0 bridgehead atoms. The van der Waals surface area contributed by atoms with Crippen molar-refractivity contribution in [3.05, 3.63) is 51.9 Å². The van der Waals surface area contributed by atoms with Crippen LogP contribution in [0.4, 0.5) is 5.00 Å². The zero-order chi connectivity index (χ0) is 15.2. The number of amides is 1. The first-order valence-electron chi connectivity index (χ1n) is 6.76. The molecular weight excluding hydrogens is 284 g/mol. The van der Waals surface area contributed by atoms with Gasteiger partial charge in [-0.1, -0.05) is 30.3 Å². The van der Waals surface area contributed by atoms with E-state index in [1.807, 2.05) is 37.3 Å². The first-order chi connectivity index (χ1) is 9.95. The Morgan fingerprint density at radius 3 is 2.57 bits per heavy atom. The van der Waals surface area contributed by atoms with Crippen LogP contribution in [-0.2, 0) is 11.8 Å². The summed E-state index contributed by atoms with van der Waals surface area (Å²) in [5, 5.41) is 0.346. The van der Waals surface area contributed by atoms with Crippen molar-refractivity contribution in [3.63, 3.8) is 0 Å². The SMILES string of the molecule is C[C@@]1(c2ccccc2)CCc2c(sc(N)c2C(N)=O)C1=O. The molecular formula is C16H16N2O2S. The lowest BCUT2D eigenvalue weighted by atomic mass is 9.70. The molecule has 0 radical (unpaired) electrons. The summed E-state index contributed by atoms with van der Waals surface area (Å²) in [6.45, 7) is 1.95. The van der Waals surface area contributed by atoms with Gasteiger partial charge in [0.2, 0.25) is 0 Å². The minimum atomic E-state index is -0.569. The van der Waals surface area contributed by atoms with Gasteiger partial charge in [-0.15, -0.1) is 11.3 Å². The number of nitrogen functional groups attached to an aromatic ring is 1. The van der Waals surface area contributed by atoms with Crippen molar-refractivity contribution in [2.45, 2.75) is 25.2 Å². The van der Waals surface area contributed by atoms with Crippen LogP contribution in [0.15, 0.2) is 30.3 Å². The Morgan fingerprint density at radius 1 is 1.29 bits per heavy atom. The molecule has 0 saturated heterocycles. The molecule has 21 heavy (non-hydrogen) atoms. The molecule has 0 aliphatic heterocycles. The molecule has 3 rings (SSSR count). The van der Waals surface area contributed by atoms with Crippen molar-refractivity contribution in [2.75, 3.05) is 5.73 Å². The Morgan fingerprint density at radius 2 is 1.95 bits per heavy atom. The van der Waals surface area contributed by atoms with Gasteiger partial charge in [-0.25, -0.2) is 0 Å². The number of benzene rings is 1. The predicted molar refractivity (Wildman–Crippen MR) is 83.7 cm³/mol. The molecule has 0 saturated carbocycles. The minimum absolute atomic E-state index is 0.0270. The molecule has 5 heteroatoms. The van der Waals surface area contributed by atoms with E-state index in [0.29, 0.717) is 28.3 Å². The molecule has 108 valence electrons. The number of hydrogen-bond donors (Lipinski definition) is 2. The van der Waals surface area contributed by atoms with E-state index in [-0.39, 0.29) is 5.78 Å². The first kappa shape index (κ1) is 13.8. The highest BCUT2D eigenvalue weighted by atomic mass is 32.1. The van der Waals surface area contributed by atoms with Crippen LogP contribution in [0.2, 0.25) is 0 Å². The third-order valence-electron chi connectivity index (χ3n) is 4.27. The van der Waals surface area contributed by atoms with Gasteiger partial charge in [0, 0.05) is 0 Å². The smallest absolute Gasteiger partial charge is 0.251 e. The molecule has 1 aromatic carbocycles. The molecule has 0 spiro atoms. The van der Waals surface area contributed by atoms with E-state index >= 15 is 0 Å². The largest absolute Gasteiger partial charge is 0.390 e. The zero-order valence-corrected chi connectivity index (χ0v) is 12.5. The number of fused-ring (bicyclic) bond motifs is 1. The van der Waals surface area contributed by atoms with Crippen molar-refractivity contribution < 1.29 is 9.59 Å². The number of thiophene rings is 1. The Bertz CT molecular complexity index is 736. The molecule has 1 heterocycles. The zero-order valence-electron chi connectivity index (χ0n) is 11.7. The Labute approximate surface area is 126 Å². The van der Waals surface area contributed by atoms with Gasteiger partial charge in [0.1, 0.15) is 0 Å². The maximum Gasteiger partial charge on any atom is 0.251 e. The summed E-state index contributed by atoms with van der Waals surface area (Å²) < 4.78 is 0. The second-order valence-electron chi connectivity index (χ2n) is 5.54. The summed E-state index contributed by atoms with van der Waals surface area (Å²) >= 11 is 1.18. The minimum Gasteiger partial charge on any atom is -0.390 e. The van der Waals surface area contributed by atoms with Crippen molar-refractivity contribution in [1.82, 2.24) is 0 Å². The molecule has 1 aromatic heterocycles. The van der Waals surface area contributed by atoms with Crippen LogP contribution in [0.5, 0.6) is 0 Å². The van der Waals surface area contributed by atoms with Crippen LogP contribution >= 0.6 is 11.3 Å². The van der Waals surface area contributed by atoms with Gasteiger partial charge in [0.05, 0.1) is 20.9 Å². The van der Waals surface area contributed by atoms with E-state index in [1.165, 1.54) is 11.3 Å². The molecule has 1 aliphatic rings. The number of carbonyl (C=O) groups is 2. The number of anilines is 1. The summed E-state index contributed by atoms with van der Waals surface area (Å²) in [7, 11) is 0. The second kappa shape index (κ2) is 4.70. The van der Waals surface area contributed by atoms with Gasteiger partial charge >= 0.3 is 0 Å². The van der Waals surface area contributed by atoms with E-state index in [2.05, 4.69) is 0 Å². The fourth-order valence-corrected chi connectivity index (χ4v) is 4.19. The van der Waals surface area contributed by atoms with Crippen LogP contribution in [-0.4, -0.2) is 11.7 Å². The van der Waals surface area contributed by atoms with Crippen molar-refractivity contribution in [3.8, 4) is 0 Å². The maximum atomic E-state index is 12.9. The highest BCUT2D eigenvalue weighted by molar-refractivity contribution is 7.18. The number of nitrogens with two attached hydrogens (primary N) is 2. The molecule has 1 amide bonds. The molecule has 4 N–H and O–H groups in total. The monoisotopic (exact) mass is 300 g/mol. The van der Waals surface area contributed by atoms with E-state index in [1.54, 1.807) is 0 Å². The van der Waals surface area contributed by atoms with Gasteiger partial charge in [-0.05, 0) is 30.9 Å². The molecule has 1 atom stereocenters. The summed E-state index contributed by atoms with van der Waals surface area (Å²) in [6.07, 6.45) is 1.29. The highest BCUT2D eigenvalue weighted by Crippen LogP contribution is 2.44. The van der Waals surface area contributed by atoms with Crippen LogP contribution in [0.1, 0.15) is 44.5 Å². The fraction of sp³-hybridized carbons (Fsp3) is 0.250. The second-order valence-corrected chi connectivity index (χ2v) is 6.59.